The van der Waals surface area contributed by atoms with Crippen LogP contribution in [0, 0.1) is 5.92 Å². The van der Waals surface area contributed by atoms with Crippen LogP contribution in [-0.4, -0.2) is 60.9 Å². The zero-order valence-corrected chi connectivity index (χ0v) is 14.7. The third-order valence-corrected chi connectivity index (χ3v) is 6.21. The highest BCUT2D eigenvalue weighted by molar-refractivity contribution is 7.89. The molecule has 0 amide bonds. The predicted molar refractivity (Wildman–Crippen MR) is 81.0 cm³/mol. The minimum Gasteiger partial charge on any atom is -0.325 e. The van der Waals surface area contributed by atoms with Gasteiger partial charge in [0.25, 0.3) is 5.97 Å². The first kappa shape index (κ1) is 16.8. The molecule has 0 spiro atoms. The van der Waals surface area contributed by atoms with Crippen molar-refractivity contribution in [1.82, 2.24) is 14.1 Å². The van der Waals surface area contributed by atoms with Crippen LogP contribution in [0.4, 0.5) is 0 Å². The Morgan fingerprint density at radius 1 is 1.30 bits per heavy atom. The molecular formula is C14H23N3O5S. The molecule has 3 saturated heterocycles. The van der Waals surface area contributed by atoms with E-state index in [0.29, 0.717) is 12.5 Å². The molecule has 0 unspecified atom stereocenters. The Kier molecular flexibility index (Phi) is 4.04. The van der Waals surface area contributed by atoms with Crippen LogP contribution >= 0.6 is 0 Å². The van der Waals surface area contributed by atoms with Crippen LogP contribution < -0.4 is 0 Å². The van der Waals surface area contributed by atoms with E-state index in [0.717, 1.165) is 0 Å². The number of ether oxygens (including phenoxy) is 3. The second kappa shape index (κ2) is 5.52. The summed E-state index contributed by atoms with van der Waals surface area (Å²) in [7, 11) is -2.18. The summed E-state index contributed by atoms with van der Waals surface area (Å²) in [5, 5.41) is 4.14. The maximum Gasteiger partial charge on any atom is 0.280 e. The van der Waals surface area contributed by atoms with Crippen LogP contribution in [0.25, 0.3) is 0 Å². The quantitative estimate of drug-likeness (QED) is 0.779. The maximum absolute atomic E-state index is 12.9. The zero-order valence-electron chi connectivity index (χ0n) is 13.9. The molecule has 2 bridgehead atoms. The molecule has 0 aromatic carbocycles. The van der Waals surface area contributed by atoms with Crippen molar-refractivity contribution in [3.8, 4) is 0 Å². The Hall–Kier alpha value is -1.00. The molecule has 0 atom stereocenters. The fourth-order valence-electron chi connectivity index (χ4n) is 2.68. The van der Waals surface area contributed by atoms with E-state index in [-0.39, 0.29) is 24.7 Å². The molecule has 0 aliphatic carbocycles. The second-order valence-electron chi connectivity index (χ2n) is 6.72. The summed E-state index contributed by atoms with van der Waals surface area (Å²) in [4.78, 5) is 0.161. The molecule has 23 heavy (non-hydrogen) atoms. The van der Waals surface area contributed by atoms with E-state index in [2.05, 4.69) is 5.10 Å². The van der Waals surface area contributed by atoms with Crippen LogP contribution in [0.1, 0.15) is 20.8 Å². The molecule has 9 heteroatoms. The zero-order chi connectivity index (χ0) is 16.9. The minimum absolute atomic E-state index is 0.161. The maximum atomic E-state index is 12.9. The molecule has 3 aliphatic rings. The lowest BCUT2D eigenvalue weighted by molar-refractivity contribution is -0.451. The van der Waals surface area contributed by atoms with Crippen LogP contribution in [-0.2, 0) is 30.8 Å². The molecule has 0 saturated carbocycles. The number of rotatable bonds is 5. The van der Waals surface area contributed by atoms with E-state index < -0.39 is 21.5 Å². The molecule has 1 aromatic rings. The van der Waals surface area contributed by atoms with Crippen molar-refractivity contribution < 1.29 is 22.6 Å². The molecule has 3 fully saturated rings. The van der Waals surface area contributed by atoms with Gasteiger partial charge in [-0.15, -0.1) is 0 Å². The van der Waals surface area contributed by atoms with Gasteiger partial charge >= 0.3 is 0 Å². The van der Waals surface area contributed by atoms with Gasteiger partial charge in [0, 0.05) is 26.7 Å². The number of likely N-dealkylation sites (N-methyl/N-ethyl adjacent to an activating group) is 1. The van der Waals surface area contributed by atoms with E-state index in [1.807, 2.05) is 13.8 Å². The third-order valence-electron chi connectivity index (χ3n) is 4.30. The Morgan fingerprint density at radius 3 is 2.39 bits per heavy atom. The molecular weight excluding hydrogens is 322 g/mol. The van der Waals surface area contributed by atoms with E-state index in [1.165, 1.54) is 17.5 Å². The molecule has 3 aliphatic heterocycles. The summed E-state index contributed by atoms with van der Waals surface area (Å²) in [6.07, 6.45) is 2.93. The number of aromatic nitrogens is 2. The first-order chi connectivity index (χ1) is 10.7. The summed E-state index contributed by atoms with van der Waals surface area (Å²) >= 11 is 0. The molecule has 0 N–H and O–H groups in total. The number of fused-ring (bicyclic) bond motifs is 3. The largest absolute Gasteiger partial charge is 0.325 e. The number of sulfonamides is 1. The standard InChI is InChI=1S/C14H23N3O5S/c1-11(2)6-17-7-12(5-15-17)23(18,19)16(4)14-8-20-13(3,21-9-14)22-10-14/h5,7,11H,6,8-10H2,1-4H3. The second-order valence-corrected chi connectivity index (χ2v) is 8.69. The van der Waals surface area contributed by atoms with Crippen molar-refractivity contribution in [1.29, 1.82) is 0 Å². The normalized spacial score (nSPS) is 31.2. The molecule has 130 valence electrons. The fraction of sp³-hybridized carbons (Fsp3) is 0.786. The smallest absolute Gasteiger partial charge is 0.280 e. The van der Waals surface area contributed by atoms with Crippen molar-refractivity contribution in [3.63, 3.8) is 0 Å². The molecule has 0 radical (unpaired) electrons. The van der Waals surface area contributed by atoms with Gasteiger partial charge in [-0.2, -0.15) is 9.40 Å². The van der Waals surface area contributed by atoms with E-state index in [4.69, 9.17) is 14.2 Å². The summed E-state index contributed by atoms with van der Waals surface area (Å²) in [6, 6.07) is 0. The van der Waals surface area contributed by atoms with Gasteiger partial charge in [-0.1, -0.05) is 13.8 Å². The minimum atomic E-state index is -3.71. The third kappa shape index (κ3) is 2.91. The average Bonchev–Trinajstić information content (AvgIpc) is 2.96. The summed E-state index contributed by atoms with van der Waals surface area (Å²) in [6.45, 7) is 7.15. The highest BCUT2D eigenvalue weighted by Crippen LogP contribution is 2.37. The van der Waals surface area contributed by atoms with E-state index in [9.17, 15) is 8.42 Å². The first-order valence-corrected chi connectivity index (χ1v) is 9.04. The van der Waals surface area contributed by atoms with Gasteiger partial charge in [-0.05, 0) is 5.92 Å². The summed E-state index contributed by atoms with van der Waals surface area (Å²) in [5.41, 5.74) is -0.850. The molecule has 8 nitrogen and oxygen atoms in total. The molecule has 4 rings (SSSR count). The van der Waals surface area contributed by atoms with Crippen molar-refractivity contribution in [3.05, 3.63) is 12.4 Å². The molecule has 1 aromatic heterocycles. The van der Waals surface area contributed by atoms with Gasteiger partial charge in [-0.3, -0.25) is 4.68 Å². The Bertz CT molecular complexity index is 660. The Morgan fingerprint density at radius 2 is 1.87 bits per heavy atom. The monoisotopic (exact) mass is 345 g/mol. The number of nitrogens with zero attached hydrogens (tertiary/aromatic N) is 3. The summed E-state index contributed by atoms with van der Waals surface area (Å²) in [5.74, 6) is -0.680. The lowest BCUT2D eigenvalue weighted by Crippen LogP contribution is -2.69. The Labute approximate surface area is 136 Å². The topological polar surface area (TPSA) is 82.9 Å². The predicted octanol–water partition coefficient (Wildman–Crippen LogP) is 0.649. The van der Waals surface area contributed by atoms with Crippen LogP contribution in [0.3, 0.4) is 0 Å². The average molecular weight is 345 g/mol. The SMILES string of the molecule is CC(C)Cn1cc(S(=O)(=O)N(C)C23COC(C)(OC2)OC3)cn1. The number of hydrogen-bond donors (Lipinski definition) is 0. The fourth-order valence-corrected chi connectivity index (χ4v) is 4.10. The highest BCUT2D eigenvalue weighted by atomic mass is 32.2. The molecule has 4 heterocycles. The Balaban J connectivity index is 1.83. The van der Waals surface area contributed by atoms with Crippen molar-refractivity contribution in [2.45, 2.75) is 43.7 Å². The van der Waals surface area contributed by atoms with Crippen LogP contribution in [0.5, 0.6) is 0 Å². The van der Waals surface area contributed by atoms with Crippen LogP contribution in [0.2, 0.25) is 0 Å². The van der Waals surface area contributed by atoms with Gasteiger partial charge < -0.3 is 14.2 Å². The van der Waals surface area contributed by atoms with Crippen molar-refractivity contribution >= 4 is 10.0 Å². The van der Waals surface area contributed by atoms with Gasteiger partial charge in [0.15, 0.2) is 0 Å². The van der Waals surface area contributed by atoms with Gasteiger partial charge in [0.2, 0.25) is 10.0 Å². The highest BCUT2D eigenvalue weighted by Gasteiger charge is 2.55. The number of hydrogen-bond acceptors (Lipinski definition) is 6. The van der Waals surface area contributed by atoms with Crippen molar-refractivity contribution in [2.24, 2.45) is 5.92 Å². The van der Waals surface area contributed by atoms with Gasteiger partial charge in [0.1, 0.15) is 10.4 Å². The van der Waals surface area contributed by atoms with Crippen LogP contribution in [0.15, 0.2) is 17.3 Å². The van der Waals surface area contributed by atoms with Gasteiger partial charge in [0.05, 0.1) is 26.0 Å². The lowest BCUT2D eigenvalue weighted by Gasteiger charge is -2.53. The summed E-state index contributed by atoms with van der Waals surface area (Å²) < 4.78 is 45.2. The van der Waals surface area contributed by atoms with E-state index in [1.54, 1.807) is 17.8 Å². The first-order valence-electron chi connectivity index (χ1n) is 7.60. The lowest BCUT2D eigenvalue weighted by atomic mass is 10.0. The van der Waals surface area contributed by atoms with Crippen molar-refractivity contribution in [2.75, 3.05) is 26.9 Å². The van der Waals surface area contributed by atoms with E-state index >= 15 is 0 Å². The van der Waals surface area contributed by atoms with Gasteiger partial charge in [-0.25, -0.2) is 8.42 Å².